The van der Waals surface area contributed by atoms with Gasteiger partial charge >= 0.3 is 0 Å². The predicted octanol–water partition coefficient (Wildman–Crippen LogP) is 4.17. The Bertz CT molecular complexity index is 535. The molecule has 0 aliphatic heterocycles. The largest absolute Gasteiger partial charge is 0.267 e. The van der Waals surface area contributed by atoms with E-state index in [4.69, 9.17) is 0 Å². The second-order valence-electron chi connectivity index (χ2n) is 4.38. The number of hydrogen-bond acceptors (Lipinski definition) is 1. The SMILES string of the molecule is CC/C=C(\CCC)c1c2ccccc2nn1C. The molecule has 2 rings (SSSR count). The molecule has 0 amide bonds. The first kappa shape index (κ1) is 11.9. The minimum absolute atomic E-state index is 1.08. The highest BCUT2D eigenvalue weighted by Gasteiger charge is 2.11. The van der Waals surface area contributed by atoms with Crippen LogP contribution in [0.1, 0.15) is 38.8 Å². The third-order valence-electron chi connectivity index (χ3n) is 3.01. The number of rotatable bonds is 4. The van der Waals surface area contributed by atoms with E-state index in [1.165, 1.54) is 23.1 Å². The van der Waals surface area contributed by atoms with E-state index in [0.29, 0.717) is 0 Å². The van der Waals surface area contributed by atoms with E-state index in [-0.39, 0.29) is 0 Å². The Morgan fingerprint density at radius 2 is 2.06 bits per heavy atom. The van der Waals surface area contributed by atoms with Crippen molar-refractivity contribution < 1.29 is 0 Å². The Hall–Kier alpha value is -1.57. The van der Waals surface area contributed by atoms with Crippen molar-refractivity contribution in [1.29, 1.82) is 0 Å². The molecule has 1 aromatic carbocycles. The molecule has 0 atom stereocenters. The van der Waals surface area contributed by atoms with Gasteiger partial charge in [0.2, 0.25) is 0 Å². The van der Waals surface area contributed by atoms with E-state index in [1.54, 1.807) is 0 Å². The van der Waals surface area contributed by atoms with Crippen LogP contribution in [0.25, 0.3) is 16.5 Å². The van der Waals surface area contributed by atoms with Crippen LogP contribution in [0.2, 0.25) is 0 Å². The van der Waals surface area contributed by atoms with Crippen molar-refractivity contribution in [1.82, 2.24) is 9.78 Å². The third kappa shape index (κ3) is 2.26. The van der Waals surface area contributed by atoms with Gasteiger partial charge in [0, 0.05) is 12.4 Å². The molecule has 0 N–H and O–H groups in total. The van der Waals surface area contributed by atoms with Crippen molar-refractivity contribution in [3.05, 3.63) is 36.0 Å². The zero-order valence-corrected chi connectivity index (χ0v) is 10.9. The monoisotopic (exact) mass is 228 g/mol. The van der Waals surface area contributed by atoms with Gasteiger partial charge in [-0.1, -0.05) is 44.5 Å². The summed E-state index contributed by atoms with van der Waals surface area (Å²) in [6.07, 6.45) is 5.70. The predicted molar refractivity (Wildman–Crippen MR) is 73.9 cm³/mol. The zero-order valence-electron chi connectivity index (χ0n) is 10.9. The molecule has 17 heavy (non-hydrogen) atoms. The third-order valence-corrected chi connectivity index (χ3v) is 3.01. The van der Waals surface area contributed by atoms with Crippen LogP contribution in [0, 0.1) is 0 Å². The molecular weight excluding hydrogens is 208 g/mol. The van der Waals surface area contributed by atoms with Gasteiger partial charge in [0.15, 0.2) is 0 Å². The maximum Gasteiger partial charge on any atom is 0.0929 e. The highest BCUT2D eigenvalue weighted by Crippen LogP contribution is 2.27. The summed E-state index contributed by atoms with van der Waals surface area (Å²) < 4.78 is 2.02. The summed E-state index contributed by atoms with van der Waals surface area (Å²) in [5, 5.41) is 5.84. The molecule has 2 nitrogen and oxygen atoms in total. The molecule has 0 unspecified atom stereocenters. The van der Waals surface area contributed by atoms with Gasteiger partial charge in [0.25, 0.3) is 0 Å². The fourth-order valence-corrected chi connectivity index (χ4v) is 2.36. The maximum atomic E-state index is 4.57. The van der Waals surface area contributed by atoms with E-state index in [9.17, 15) is 0 Å². The fraction of sp³-hybridized carbons (Fsp3) is 0.400. The topological polar surface area (TPSA) is 17.8 Å². The van der Waals surface area contributed by atoms with Crippen molar-refractivity contribution >= 4 is 16.5 Å². The molecule has 0 aliphatic carbocycles. The van der Waals surface area contributed by atoms with Gasteiger partial charge in [-0.15, -0.1) is 0 Å². The Labute approximate surface area is 103 Å². The molecule has 2 aromatic rings. The second kappa shape index (κ2) is 5.17. The Morgan fingerprint density at radius 1 is 1.29 bits per heavy atom. The standard InChI is InChI=1S/C15H20N2/c1-4-8-12(9-5-2)15-13-10-6-7-11-14(13)16-17(15)3/h6-8,10-11H,4-5,9H2,1-3H3/b12-8+. The molecule has 1 aromatic heterocycles. The van der Waals surface area contributed by atoms with Crippen LogP contribution in [0.3, 0.4) is 0 Å². The van der Waals surface area contributed by atoms with E-state index in [0.717, 1.165) is 18.4 Å². The number of aryl methyl sites for hydroxylation is 1. The number of benzene rings is 1. The van der Waals surface area contributed by atoms with Gasteiger partial charge in [-0.25, -0.2) is 0 Å². The second-order valence-corrected chi connectivity index (χ2v) is 4.38. The number of nitrogens with zero attached hydrogens (tertiary/aromatic N) is 2. The van der Waals surface area contributed by atoms with Crippen LogP contribution < -0.4 is 0 Å². The summed E-state index contributed by atoms with van der Waals surface area (Å²) in [5.74, 6) is 0. The molecule has 0 bridgehead atoms. The lowest BCUT2D eigenvalue weighted by Gasteiger charge is -2.07. The lowest BCUT2D eigenvalue weighted by molar-refractivity contribution is 0.760. The van der Waals surface area contributed by atoms with Gasteiger partial charge in [-0.2, -0.15) is 5.10 Å². The lowest BCUT2D eigenvalue weighted by Crippen LogP contribution is -1.97. The molecule has 2 heteroatoms. The number of allylic oxidation sites excluding steroid dienone is 2. The van der Waals surface area contributed by atoms with Crippen molar-refractivity contribution in [3.63, 3.8) is 0 Å². The maximum absolute atomic E-state index is 4.57. The van der Waals surface area contributed by atoms with Gasteiger partial charge in [0.1, 0.15) is 0 Å². The van der Waals surface area contributed by atoms with E-state index >= 15 is 0 Å². The molecule has 0 saturated carbocycles. The van der Waals surface area contributed by atoms with Gasteiger partial charge in [-0.05, 0) is 24.5 Å². The molecule has 90 valence electrons. The highest BCUT2D eigenvalue weighted by molar-refractivity contribution is 5.90. The molecule has 0 fully saturated rings. The van der Waals surface area contributed by atoms with Crippen LogP contribution in [0.5, 0.6) is 0 Å². The summed E-state index contributed by atoms with van der Waals surface area (Å²) in [6, 6.07) is 8.37. The van der Waals surface area contributed by atoms with Crippen LogP contribution in [-0.4, -0.2) is 9.78 Å². The van der Waals surface area contributed by atoms with Crippen molar-refractivity contribution in [2.75, 3.05) is 0 Å². The Kier molecular flexibility index (Phi) is 3.62. The quantitative estimate of drug-likeness (QED) is 0.768. The summed E-state index contributed by atoms with van der Waals surface area (Å²) in [5.41, 5.74) is 3.79. The normalized spacial score (nSPS) is 12.3. The van der Waals surface area contributed by atoms with Crippen LogP contribution in [0.15, 0.2) is 30.3 Å². The summed E-state index contributed by atoms with van der Waals surface area (Å²) >= 11 is 0. The average Bonchev–Trinajstić information content (AvgIpc) is 2.64. The molecule has 1 heterocycles. The van der Waals surface area contributed by atoms with Crippen molar-refractivity contribution in [2.45, 2.75) is 33.1 Å². The van der Waals surface area contributed by atoms with Crippen LogP contribution >= 0.6 is 0 Å². The minimum Gasteiger partial charge on any atom is -0.267 e. The highest BCUT2D eigenvalue weighted by atomic mass is 15.3. The van der Waals surface area contributed by atoms with Crippen molar-refractivity contribution in [2.24, 2.45) is 7.05 Å². The number of aromatic nitrogens is 2. The Balaban J connectivity index is 2.59. The van der Waals surface area contributed by atoms with Gasteiger partial charge in [0.05, 0.1) is 11.2 Å². The number of fused-ring (bicyclic) bond motifs is 1. The average molecular weight is 228 g/mol. The van der Waals surface area contributed by atoms with Crippen molar-refractivity contribution in [3.8, 4) is 0 Å². The van der Waals surface area contributed by atoms with Gasteiger partial charge < -0.3 is 0 Å². The van der Waals surface area contributed by atoms with E-state index < -0.39 is 0 Å². The number of hydrogen-bond donors (Lipinski definition) is 0. The van der Waals surface area contributed by atoms with Gasteiger partial charge in [-0.3, -0.25) is 4.68 Å². The summed E-state index contributed by atoms with van der Waals surface area (Å²) in [6.45, 7) is 4.41. The zero-order chi connectivity index (χ0) is 12.3. The molecule has 0 aliphatic rings. The summed E-state index contributed by atoms with van der Waals surface area (Å²) in [4.78, 5) is 0. The molecule has 0 radical (unpaired) electrons. The minimum atomic E-state index is 1.08. The molecular formula is C15H20N2. The van der Waals surface area contributed by atoms with E-state index in [2.05, 4.69) is 43.2 Å². The van der Waals surface area contributed by atoms with Crippen LogP contribution in [0.4, 0.5) is 0 Å². The smallest absolute Gasteiger partial charge is 0.0929 e. The first-order valence-electron chi connectivity index (χ1n) is 6.39. The fourth-order valence-electron chi connectivity index (χ4n) is 2.36. The Morgan fingerprint density at radius 3 is 2.76 bits per heavy atom. The lowest BCUT2D eigenvalue weighted by atomic mass is 10.0. The van der Waals surface area contributed by atoms with Crippen LogP contribution in [-0.2, 0) is 7.05 Å². The van der Waals surface area contributed by atoms with E-state index in [1.807, 2.05) is 17.8 Å². The molecule has 0 saturated heterocycles. The molecule has 0 spiro atoms. The first-order chi connectivity index (χ1) is 8.27. The first-order valence-corrected chi connectivity index (χ1v) is 6.39. The summed E-state index contributed by atoms with van der Waals surface area (Å²) in [7, 11) is 2.04.